The molecular weight excluding hydrogens is 234 g/mol. The zero-order chi connectivity index (χ0) is 13.3. The molecule has 0 unspecified atom stereocenters. The minimum Gasteiger partial charge on any atom is -0.493 e. The molecule has 0 aliphatic carbocycles. The predicted octanol–water partition coefficient (Wildman–Crippen LogP) is 4.78. The third kappa shape index (κ3) is 4.45. The average Bonchev–Trinajstić information content (AvgIpc) is 2.46. The average molecular weight is 261 g/mol. The summed E-state index contributed by atoms with van der Waals surface area (Å²) < 4.78 is 5.97. The topological polar surface area (TPSA) is 21.3 Å². The van der Waals surface area contributed by atoms with Gasteiger partial charge in [0.05, 0.1) is 6.61 Å². The summed E-state index contributed by atoms with van der Waals surface area (Å²) in [5, 5.41) is 3.45. The SMILES string of the molecule is CCCCCCCCOc1cccc2c1CCCN2. The van der Waals surface area contributed by atoms with E-state index in [0.29, 0.717) is 0 Å². The summed E-state index contributed by atoms with van der Waals surface area (Å²) in [7, 11) is 0. The van der Waals surface area contributed by atoms with Crippen LogP contribution in [0.5, 0.6) is 5.75 Å². The lowest BCUT2D eigenvalue weighted by atomic mass is 10.0. The van der Waals surface area contributed by atoms with E-state index in [1.165, 1.54) is 56.2 Å². The molecule has 0 saturated carbocycles. The van der Waals surface area contributed by atoms with Crippen LogP contribution in [-0.2, 0) is 6.42 Å². The van der Waals surface area contributed by atoms with Crippen LogP contribution in [0.15, 0.2) is 18.2 Å². The number of hydrogen-bond donors (Lipinski definition) is 1. The van der Waals surface area contributed by atoms with Crippen molar-refractivity contribution in [3.63, 3.8) is 0 Å². The fraction of sp³-hybridized carbons (Fsp3) is 0.647. The Labute approximate surface area is 117 Å². The largest absolute Gasteiger partial charge is 0.493 e. The number of anilines is 1. The van der Waals surface area contributed by atoms with E-state index in [1.807, 2.05) is 0 Å². The number of nitrogens with one attached hydrogen (secondary N) is 1. The van der Waals surface area contributed by atoms with Crippen LogP contribution in [0.1, 0.15) is 57.4 Å². The second-order valence-corrected chi connectivity index (χ2v) is 5.43. The van der Waals surface area contributed by atoms with Gasteiger partial charge in [0, 0.05) is 17.8 Å². The van der Waals surface area contributed by atoms with Gasteiger partial charge < -0.3 is 10.1 Å². The van der Waals surface area contributed by atoms with Crippen molar-refractivity contribution >= 4 is 5.69 Å². The van der Waals surface area contributed by atoms with Gasteiger partial charge in [0.25, 0.3) is 0 Å². The van der Waals surface area contributed by atoms with Crippen LogP contribution in [-0.4, -0.2) is 13.2 Å². The van der Waals surface area contributed by atoms with Crippen molar-refractivity contribution in [3.8, 4) is 5.75 Å². The maximum atomic E-state index is 5.97. The molecule has 2 nitrogen and oxygen atoms in total. The molecule has 0 atom stereocenters. The Kier molecular flexibility index (Phi) is 6.06. The highest BCUT2D eigenvalue weighted by atomic mass is 16.5. The normalized spacial score (nSPS) is 13.7. The highest BCUT2D eigenvalue weighted by molar-refractivity contribution is 5.58. The highest BCUT2D eigenvalue weighted by Gasteiger charge is 2.12. The van der Waals surface area contributed by atoms with Crippen molar-refractivity contribution in [1.29, 1.82) is 0 Å². The van der Waals surface area contributed by atoms with Gasteiger partial charge in [-0.1, -0.05) is 45.1 Å². The number of fused-ring (bicyclic) bond motifs is 1. The third-order valence-corrected chi connectivity index (χ3v) is 3.81. The van der Waals surface area contributed by atoms with E-state index in [-0.39, 0.29) is 0 Å². The molecule has 0 amide bonds. The van der Waals surface area contributed by atoms with Gasteiger partial charge in [-0.3, -0.25) is 0 Å². The number of hydrogen-bond acceptors (Lipinski definition) is 2. The molecule has 0 bridgehead atoms. The maximum Gasteiger partial charge on any atom is 0.124 e. The van der Waals surface area contributed by atoms with Gasteiger partial charge in [-0.2, -0.15) is 0 Å². The van der Waals surface area contributed by atoms with E-state index < -0.39 is 0 Å². The molecule has 106 valence electrons. The fourth-order valence-corrected chi connectivity index (χ4v) is 2.68. The first-order valence-electron chi connectivity index (χ1n) is 7.90. The second kappa shape index (κ2) is 8.08. The van der Waals surface area contributed by atoms with E-state index in [0.717, 1.165) is 25.3 Å². The Morgan fingerprint density at radius 2 is 1.95 bits per heavy atom. The minimum absolute atomic E-state index is 0.864. The lowest BCUT2D eigenvalue weighted by Gasteiger charge is -2.21. The molecule has 19 heavy (non-hydrogen) atoms. The van der Waals surface area contributed by atoms with E-state index in [9.17, 15) is 0 Å². The highest BCUT2D eigenvalue weighted by Crippen LogP contribution is 2.30. The minimum atomic E-state index is 0.864. The van der Waals surface area contributed by atoms with Crippen molar-refractivity contribution in [3.05, 3.63) is 23.8 Å². The van der Waals surface area contributed by atoms with Gasteiger partial charge in [-0.25, -0.2) is 0 Å². The van der Waals surface area contributed by atoms with Crippen LogP contribution in [0.4, 0.5) is 5.69 Å². The Bertz CT molecular complexity index is 376. The number of rotatable bonds is 8. The molecule has 0 fully saturated rings. The summed E-state index contributed by atoms with van der Waals surface area (Å²) in [5.74, 6) is 1.10. The van der Waals surface area contributed by atoms with Crippen LogP contribution < -0.4 is 10.1 Å². The monoisotopic (exact) mass is 261 g/mol. The van der Waals surface area contributed by atoms with Gasteiger partial charge in [-0.05, 0) is 31.4 Å². The number of unbranched alkanes of at least 4 members (excludes halogenated alkanes) is 5. The van der Waals surface area contributed by atoms with Gasteiger partial charge >= 0.3 is 0 Å². The quantitative estimate of drug-likeness (QED) is 0.680. The van der Waals surface area contributed by atoms with Crippen LogP contribution in [0.2, 0.25) is 0 Å². The van der Waals surface area contributed by atoms with E-state index >= 15 is 0 Å². The van der Waals surface area contributed by atoms with E-state index in [2.05, 4.69) is 30.4 Å². The smallest absolute Gasteiger partial charge is 0.124 e. The van der Waals surface area contributed by atoms with Crippen molar-refractivity contribution < 1.29 is 4.74 Å². The zero-order valence-electron chi connectivity index (χ0n) is 12.2. The molecular formula is C17H27NO. The molecule has 2 heteroatoms. The van der Waals surface area contributed by atoms with Crippen LogP contribution in [0, 0.1) is 0 Å². The van der Waals surface area contributed by atoms with Crippen LogP contribution in [0.25, 0.3) is 0 Å². The van der Waals surface area contributed by atoms with Gasteiger partial charge in [-0.15, -0.1) is 0 Å². The lowest BCUT2D eigenvalue weighted by molar-refractivity contribution is 0.301. The first-order valence-corrected chi connectivity index (χ1v) is 7.90. The first kappa shape index (κ1) is 14.2. The summed E-state index contributed by atoms with van der Waals surface area (Å²) in [6.07, 6.45) is 10.3. The third-order valence-electron chi connectivity index (χ3n) is 3.81. The van der Waals surface area contributed by atoms with Crippen molar-refractivity contribution in [2.45, 2.75) is 58.3 Å². The Morgan fingerprint density at radius 1 is 1.11 bits per heavy atom. The molecule has 0 spiro atoms. The Balaban J connectivity index is 1.71. The van der Waals surface area contributed by atoms with Crippen molar-refractivity contribution in [2.75, 3.05) is 18.5 Å². The van der Waals surface area contributed by atoms with E-state index in [1.54, 1.807) is 0 Å². The van der Waals surface area contributed by atoms with Gasteiger partial charge in [0.15, 0.2) is 0 Å². The Morgan fingerprint density at radius 3 is 2.84 bits per heavy atom. The summed E-state index contributed by atoms with van der Waals surface area (Å²) in [6.45, 7) is 4.21. The standard InChI is InChI=1S/C17H27NO/c1-2-3-4-5-6-7-14-19-17-12-8-11-16-15(17)10-9-13-18-16/h8,11-12,18H,2-7,9-10,13-14H2,1H3. The molecule has 1 aromatic carbocycles. The molecule has 0 saturated heterocycles. The summed E-state index contributed by atoms with van der Waals surface area (Å²) >= 11 is 0. The maximum absolute atomic E-state index is 5.97. The summed E-state index contributed by atoms with van der Waals surface area (Å²) in [4.78, 5) is 0. The molecule has 1 N–H and O–H groups in total. The molecule has 0 radical (unpaired) electrons. The predicted molar refractivity (Wildman–Crippen MR) is 82.1 cm³/mol. The Hall–Kier alpha value is -1.18. The lowest BCUT2D eigenvalue weighted by Crippen LogP contribution is -2.13. The van der Waals surface area contributed by atoms with Gasteiger partial charge in [0.1, 0.15) is 5.75 Å². The molecule has 1 aliphatic rings. The molecule has 2 rings (SSSR count). The van der Waals surface area contributed by atoms with Crippen LogP contribution in [0.3, 0.4) is 0 Å². The van der Waals surface area contributed by atoms with E-state index in [4.69, 9.17) is 4.74 Å². The second-order valence-electron chi connectivity index (χ2n) is 5.43. The molecule has 1 aromatic rings. The van der Waals surface area contributed by atoms with Crippen molar-refractivity contribution in [2.24, 2.45) is 0 Å². The number of benzene rings is 1. The fourth-order valence-electron chi connectivity index (χ4n) is 2.68. The van der Waals surface area contributed by atoms with Crippen molar-refractivity contribution in [1.82, 2.24) is 0 Å². The molecule has 0 aromatic heterocycles. The van der Waals surface area contributed by atoms with Crippen LogP contribution >= 0.6 is 0 Å². The van der Waals surface area contributed by atoms with Gasteiger partial charge in [0.2, 0.25) is 0 Å². The zero-order valence-corrected chi connectivity index (χ0v) is 12.2. The first-order chi connectivity index (χ1) is 9.42. The number of ether oxygens (including phenoxy) is 1. The summed E-state index contributed by atoms with van der Waals surface area (Å²) in [5.41, 5.74) is 2.64. The summed E-state index contributed by atoms with van der Waals surface area (Å²) in [6, 6.07) is 6.36. The molecule has 1 heterocycles. The molecule has 1 aliphatic heterocycles.